The predicted molar refractivity (Wildman–Crippen MR) is 161 cm³/mol. The monoisotopic (exact) mass is 555 g/mol. The Labute approximate surface area is 236 Å². The number of amides is 3. The van der Waals surface area contributed by atoms with Crippen LogP contribution in [0.5, 0.6) is 0 Å². The molecule has 0 aliphatic carbocycles. The highest BCUT2D eigenvalue weighted by Gasteiger charge is 2.18. The Morgan fingerprint density at radius 1 is 0.872 bits per heavy atom. The van der Waals surface area contributed by atoms with E-state index in [1.54, 1.807) is 36.4 Å². The quantitative estimate of drug-likeness (QED) is 0.155. The van der Waals surface area contributed by atoms with Gasteiger partial charge in [0.1, 0.15) is 5.70 Å². The molecule has 4 aromatic rings. The van der Waals surface area contributed by atoms with Crippen molar-refractivity contribution in [2.45, 2.75) is 30.9 Å². The van der Waals surface area contributed by atoms with Gasteiger partial charge in [0.2, 0.25) is 5.91 Å². The highest BCUT2D eigenvalue weighted by Crippen LogP contribution is 2.27. The highest BCUT2D eigenvalue weighted by molar-refractivity contribution is 8.00. The Hall–Kier alpha value is -4.14. The number of hydrogen-bond donors (Lipinski definition) is 3. The summed E-state index contributed by atoms with van der Waals surface area (Å²) in [4.78, 5) is 40.5. The molecule has 0 saturated carbocycles. The van der Waals surface area contributed by atoms with E-state index in [4.69, 9.17) is 0 Å². The van der Waals surface area contributed by atoms with Gasteiger partial charge in [-0.15, -0.1) is 23.1 Å². The van der Waals surface area contributed by atoms with Gasteiger partial charge in [-0.2, -0.15) is 0 Å². The molecular weight excluding hydrogens is 526 g/mol. The number of carbonyl (C=O) groups is 3. The van der Waals surface area contributed by atoms with Crippen LogP contribution in [0, 0.1) is 13.8 Å². The van der Waals surface area contributed by atoms with Crippen LogP contribution in [0.1, 0.15) is 33.3 Å². The second-order valence-electron chi connectivity index (χ2n) is 8.94. The minimum atomic E-state index is -0.449. The van der Waals surface area contributed by atoms with Gasteiger partial charge in [-0.1, -0.05) is 42.5 Å². The molecule has 0 aliphatic heterocycles. The van der Waals surface area contributed by atoms with Crippen molar-refractivity contribution in [3.05, 3.63) is 118 Å². The van der Waals surface area contributed by atoms with Gasteiger partial charge in [0.05, 0.1) is 5.25 Å². The van der Waals surface area contributed by atoms with Gasteiger partial charge >= 0.3 is 0 Å². The molecule has 3 amide bonds. The van der Waals surface area contributed by atoms with Gasteiger partial charge in [0.15, 0.2) is 0 Å². The lowest BCUT2D eigenvalue weighted by Gasteiger charge is -2.15. The van der Waals surface area contributed by atoms with Crippen molar-refractivity contribution in [1.82, 2.24) is 5.32 Å². The standard InChI is InChI=1S/C31H29N3O3S2/c1-20-14-15-21(2)27(17-20)33-29(35)22(3)39-26-12-7-11-24(18-26)32-31(37)28(19-25-13-8-16-38-25)34-30(36)23-9-5-4-6-10-23/h4-19,22H,1-3H3,(H,32,37)(H,33,35)(H,34,36)/b28-19-. The van der Waals surface area contributed by atoms with Crippen molar-refractivity contribution in [3.63, 3.8) is 0 Å². The fourth-order valence-electron chi connectivity index (χ4n) is 3.67. The van der Waals surface area contributed by atoms with Crippen LogP contribution >= 0.6 is 23.1 Å². The number of carbonyl (C=O) groups excluding carboxylic acids is 3. The van der Waals surface area contributed by atoms with E-state index >= 15 is 0 Å². The molecule has 0 saturated heterocycles. The third-order valence-corrected chi connectivity index (χ3v) is 7.70. The molecule has 0 fully saturated rings. The summed E-state index contributed by atoms with van der Waals surface area (Å²) in [5, 5.41) is 10.2. The molecule has 0 aliphatic rings. The molecule has 1 heterocycles. The average molecular weight is 556 g/mol. The van der Waals surface area contributed by atoms with Crippen molar-refractivity contribution in [2.75, 3.05) is 10.6 Å². The number of hydrogen-bond acceptors (Lipinski definition) is 5. The first-order valence-electron chi connectivity index (χ1n) is 12.4. The van der Waals surface area contributed by atoms with E-state index in [9.17, 15) is 14.4 Å². The zero-order valence-electron chi connectivity index (χ0n) is 21.9. The maximum absolute atomic E-state index is 13.2. The lowest BCUT2D eigenvalue weighted by molar-refractivity contribution is -0.115. The number of rotatable bonds is 9. The van der Waals surface area contributed by atoms with Gasteiger partial charge in [-0.05, 0) is 85.8 Å². The van der Waals surface area contributed by atoms with Crippen LogP contribution in [0.2, 0.25) is 0 Å². The minimum Gasteiger partial charge on any atom is -0.325 e. The Balaban J connectivity index is 1.45. The number of thiophene rings is 1. The Bertz CT molecular complexity index is 1500. The largest absolute Gasteiger partial charge is 0.325 e. The van der Waals surface area contributed by atoms with Gasteiger partial charge < -0.3 is 16.0 Å². The zero-order valence-corrected chi connectivity index (χ0v) is 23.5. The number of benzene rings is 3. The van der Waals surface area contributed by atoms with E-state index < -0.39 is 5.91 Å². The van der Waals surface area contributed by atoms with E-state index in [1.165, 1.54) is 23.1 Å². The van der Waals surface area contributed by atoms with E-state index in [2.05, 4.69) is 16.0 Å². The molecule has 6 nitrogen and oxygen atoms in total. The molecule has 1 unspecified atom stereocenters. The second-order valence-corrected chi connectivity index (χ2v) is 11.3. The average Bonchev–Trinajstić information content (AvgIpc) is 3.44. The van der Waals surface area contributed by atoms with E-state index in [0.717, 1.165) is 26.6 Å². The maximum atomic E-state index is 13.2. The Morgan fingerprint density at radius 2 is 1.67 bits per heavy atom. The molecule has 1 aromatic heterocycles. The molecule has 0 bridgehead atoms. The summed E-state index contributed by atoms with van der Waals surface area (Å²) in [6.07, 6.45) is 1.65. The molecule has 0 spiro atoms. The third-order valence-electron chi connectivity index (χ3n) is 5.78. The third kappa shape index (κ3) is 7.92. The summed E-state index contributed by atoms with van der Waals surface area (Å²) in [5.41, 5.74) is 4.02. The first-order valence-corrected chi connectivity index (χ1v) is 14.1. The van der Waals surface area contributed by atoms with E-state index in [1.807, 2.05) is 80.7 Å². The van der Waals surface area contributed by atoms with Crippen LogP contribution in [0.3, 0.4) is 0 Å². The molecule has 39 heavy (non-hydrogen) atoms. The van der Waals surface area contributed by atoms with Crippen LogP contribution in [-0.4, -0.2) is 23.0 Å². The molecule has 3 aromatic carbocycles. The summed E-state index contributed by atoms with van der Waals surface area (Å²) < 4.78 is 0. The first kappa shape index (κ1) is 27.9. The van der Waals surface area contributed by atoms with Crippen LogP contribution in [0.15, 0.2) is 101 Å². The first-order chi connectivity index (χ1) is 18.8. The van der Waals surface area contributed by atoms with E-state index in [0.29, 0.717) is 11.3 Å². The summed E-state index contributed by atoms with van der Waals surface area (Å²) in [7, 11) is 0. The summed E-state index contributed by atoms with van der Waals surface area (Å²) in [6.45, 7) is 5.79. The van der Waals surface area contributed by atoms with Crippen LogP contribution in [0.4, 0.5) is 11.4 Å². The second kappa shape index (κ2) is 13.1. The zero-order chi connectivity index (χ0) is 27.8. The summed E-state index contributed by atoms with van der Waals surface area (Å²) >= 11 is 2.86. The smallest absolute Gasteiger partial charge is 0.272 e. The van der Waals surface area contributed by atoms with E-state index in [-0.39, 0.29) is 22.8 Å². The molecule has 0 radical (unpaired) electrons. The lowest BCUT2D eigenvalue weighted by atomic mass is 10.1. The molecule has 1 atom stereocenters. The van der Waals surface area contributed by atoms with Crippen LogP contribution < -0.4 is 16.0 Å². The minimum absolute atomic E-state index is 0.104. The van der Waals surface area contributed by atoms with Crippen molar-refractivity contribution in [2.24, 2.45) is 0 Å². The normalized spacial score (nSPS) is 11.9. The van der Waals surface area contributed by atoms with Crippen LogP contribution in [0.25, 0.3) is 6.08 Å². The predicted octanol–water partition coefficient (Wildman–Crippen LogP) is 6.89. The number of aryl methyl sites for hydroxylation is 2. The number of nitrogens with one attached hydrogen (secondary N) is 3. The molecule has 4 rings (SSSR count). The Morgan fingerprint density at radius 3 is 2.41 bits per heavy atom. The molecule has 198 valence electrons. The Kier molecular flexibility index (Phi) is 9.35. The fraction of sp³-hybridized carbons (Fsp3) is 0.129. The van der Waals surface area contributed by atoms with Crippen LogP contribution in [-0.2, 0) is 9.59 Å². The fourth-order valence-corrected chi connectivity index (χ4v) is 5.25. The van der Waals surface area contributed by atoms with Crippen molar-refractivity contribution >= 4 is 58.3 Å². The van der Waals surface area contributed by atoms with Crippen molar-refractivity contribution < 1.29 is 14.4 Å². The topological polar surface area (TPSA) is 87.3 Å². The van der Waals surface area contributed by atoms with Gasteiger partial charge in [-0.25, -0.2) is 0 Å². The SMILES string of the molecule is Cc1ccc(C)c(NC(=O)C(C)Sc2cccc(NC(=O)/C(=C/c3cccs3)NC(=O)c3ccccc3)c2)c1. The maximum Gasteiger partial charge on any atom is 0.272 e. The van der Waals surface area contributed by atoms with Gasteiger partial charge in [0, 0.05) is 26.7 Å². The summed E-state index contributed by atoms with van der Waals surface area (Å²) in [5.74, 6) is -0.926. The van der Waals surface area contributed by atoms with Gasteiger partial charge in [0.25, 0.3) is 11.8 Å². The number of thioether (sulfide) groups is 1. The van der Waals surface area contributed by atoms with Crippen molar-refractivity contribution in [3.8, 4) is 0 Å². The number of anilines is 2. The molecule has 8 heteroatoms. The molecule has 3 N–H and O–H groups in total. The molecular formula is C31H29N3O3S2. The highest BCUT2D eigenvalue weighted by atomic mass is 32.2. The lowest BCUT2D eigenvalue weighted by Crippen LogP contribution is -2.30. The summed E-state index contributed by atoms with van der Waals surface area (Å²) in [6, 6.07) is 25.7. The van der Waals surface area contributed by atoms with Crippen molar-refractivity contribution in [1.29, 1.82) is 0 Å². The van der Waals surface area contributed by atoms with Gasteiger partial charge in [-0.3, -0.25) is 14.4 Å².